The highest BCUT2D eigenvalue weighted by atomic mass is 35.5. The number of alkyl halides is 1. The summed E-state index contributed by atoms with van der Waals surface area (Å²) < 4.78 is 5.83. The van der Waals surface area contributed by atoms with Crippen LogP contribution >= 0.6 is 34.3 Å². The summed E-state index contributed by atoms with van der Waals surface area (Å²) in [6, 6.07) is 10.6. The summed E-state index contributed by atoms with van der Waals surface area (Å²) in [5, 5.41) is 4.22. The number of hydrogen-bond donors (Lipinski definition) is 0. The molecule has 1 unspecified atom stereocenters. The number of thiophene rings is 2. The summed E-state index contributed by atoms with van der Waals surface area (Å²) in [5.41, 5.74) is 1.76. The second-order valence-corrected chi connectivity index (χ2v) is 8.84. The second kappa shape index (κ2) is 6.71. The lowest BCUT2D eigenvalue weighted by molar-refractivity contribution is 0.104. The SMILES string of the molecule is Cc1csc2oc(C(C)(Cl)c3ccc(C(=O)c4cccs4)cc3)nc(=O)c12. The van der Waals surface area contributed by atoms with E-state index >= 15 is 0 Å². The van der Waals surface area contributed by atoms with Gasteiger partial charge < -0.3 is 4.42 Å². The van der Waals surface area contributed by atoms with E-state index in [9.17, 15) is 9.59 Å². The smallest absolute Gasteiger partial charge is 0.285 e. The Hall–Kier alpha value is -2.28. The number of hydrogen-bond acceptors (Lipinski definition) is 6. The normalized spacial score (nSPS) is 13.6. The first-order valence-corrected chi connectivity index (χ1v) is 10.3. The first-order valence-electron chi connectivity index (χ1n) is 8.15. The third-order valence-corrected chi connectivity index (χ3v) is 6.60. The van der Waals surface area contributed by atoms with Crippen LogP contribution in [-0.4, -0.2) is 10.8 Å². The minimum Gasteiger partial charge on any atom is -0.429 e. The summed E-state index contributed by atoms with van der Waals surface area (Å²) in [5.74, 6) is 0.105. The number of carbonyl (C=O) groups is 1. The molecule has 0 N–H and O–H groups in total. The van der Waals surface area contributed by atoms with Crippen molar-refractivity contribution in [3.63, 3.8) is 0 Å². The molecule has 1 aromatic carbocycles. The molecule has 3 aromatic heterocycles. The number of rotatable bonds is 4. The predicted octanol–water partition coefficient (Wildman–Crippen LogP) is 5.35. The van der Waals surface area contributed by atoms with Crippen molar-refractivity contribution >= 4 is 50.3 Å². The van der Waals surface area contributed by atoms with Crippen LogP contribution in [0.15, 0.2) is 56.4 Å². The van der Waals surface area contributed by atoms with Gasteiger partial charge in [0, 0.05) is 5.56 Å². The van der Waals surface area contributed by atoms with Gasteiger partial charge in [-0.2, -0.15) is 4.98 Å². The molecule has 4 nitrogen and oxygen atoms in total. The van der Waals surface area contributed by atoms with Crippen LogP contribution < -0.4 is 5.56 Å². The summed E-state index contributed by atoms with van der Waals surface area (Å²) in [4.78, 5) is 28.9. The standard InChI is InChI=1S/C20H14ClNO3S2/c1-11-10-27-18-15(11)17(24)22-19(25-18)20(2,21)13-7-5-12(6-8-13)16(23)14-4-3-9-26-14/h3-10H,1-2H3. The maximum atomic E-state index is 12.4. The van der Waals surface area contributed by atoms with Crippen molar-refractivity contribution in [1.82, 2.24) is 4.98 Å². The van der Waals surface area contributed by atoms with Gasteiger partial charge in [0.05, 0.1) is 10.3 Å². The number of aromatic nitrogens is 1. The fourth-order valence-electron chi connectivity index (χ4n) is 2.82. The molecule has 0 aliphatic rings. The highest BCUT2D eigenvalue weighted by Crippen LogP contribution is 2.36. The van der Waals surface area contributed by atoms with Crippen LogP contribution in [0.5, 0.6) is 0 Å². The molecule has 3 heterocycles. The number of fused-ring (bicyclic) bond motifs is 1. The highest BCUT2D eigenvalue weighted by Gasteiger charge is 2.32. The average molecular weight is 416 g/mol. The van der Waals surface area contributed by atoms with E-state index in [1.54, 1.807) is 37.3 Å². The third-order valence-electron chi connectivity index (χ3n) is 4.38. The molecule has 0 aliphatic heterocycles. The monoisotopic (exact) mass is 415 g/mol. The van der Waals surface area contributed by atoms with Crippen molar-refractivity contribution in [3.05, 3.63) is 85.0 Å². The molecular weight excluding hydrogens is 402 g/mol. The fourth-order valence-corrected chi connectivity index (χ4v) is 4.61. The topological polar surface area (TPSA) is 60.2 Å². The van der Waals surface area contributed by atoms with E-state index in [1.165, 1.54) is 22.7 Å². The van der Waals surface area contributed by atoms with E-state index in [2.05, 4.69) is 4.98 Å². The first kappa shape index (κ1) is 18.1. The number of nitrogens with zero attached hydrogens (tertiary/aromatic N) is 1. The molecule has 1 atom stereocenters. The molecule has 0 spiro atoms. The Morgan fingerprint density at radius 3 is 2.59 bits per heavy atom. The lowest BCUT2D eigenvalue weighted by Gasteiger charge is -2.20. The number of carbonyl (C=O) groups excluding carboxylic acids is 1. The summed E-state index contributed by atoms with van der Waals surface area (Å²) in [7, 11) is 0. The van der Waals surface area contributed by atoms with E-state index in [4.69, 9.17) is 16.0 Å². The van der Waals surface area contributed by atoms with Gasteiger partial charge in [-0.1, -0.05) is 30.3 Å². The van der Waals surface area contributed by atoms with Gasteiger partial charge in [0.15, 0.2) is 4.90 Å². The van der Waals surface area contributed by atoms with Crippen LogP contribution in [0.2, 0.25) is 0 Å². The zero-order valence-electron chi connectivity index (χ0n) is 14.5. The molecular formula is C20H14ClNO3S2. The van der Waals surface area contributed by atoms with Crippen molar-refractivity contribution < 1.29 is 9.21 Å². The molecule has 0 saturated carbocycles. The van der Waals surface area contributed by atoms with Crippen molar-refractivity contribution in [3.8, 4) is 0 Å². The quantitative estimate of drug-likeness (QED) is 0.333. The lowest BCUT2D eigenvalue weighted by atomic mass is 9.97. The van der Waals surface area contributed by atoms with Gasteiger partial charge in [-0.3, -0.25) is 9.59 Å². The Bertz CT molecular complexity index is 1190. The minimum absolute atomic E-state index is 0.0343. The number of halogens is 1. The van der Waals surface area contributed by atoms with Crippen molar-refractivity contribution in [2.24, 2.45) is 0 Å². The molecule has 0 fully saturated rings. The van der Waals surface area contributed by atoms with Crippen LogP contribution in [-0.2, 0) is 4.87 Å². The molecule has 0 bridgehead atoms. The largest absolute Gasteiger partial charge is 0.429 e. The van der Waals surface area contributed by atoms with Gasteiger partial charge in [-0.25, -0.2) is 0 Å². The zero-order valence-corrected chi connectivity index (χ0v) is 16.9. The van der Waals surface area contributed by atoms with Gasteiger partial charge in [0.1, 0.15) is 4.87 Å². The highest BCUT2D eigenvalue weighted by molar-refractivity contribution is 7.16. The minimum atomic E-state index is -1.13. The van der Waals surface area contributed by atoms with Gasteiger partial charge in [-0.05, 0) is 41.8 Å². The van der Waals surface area contributed by atoms with Crippen molar-refractivity contribution in [2.45, 2.75) is 18.7 Å². The van der Waals surface area contributed by atoms with Gasteiger partial charge >= 0.3 is 0 Å². The van der Waals surface area contributed by atoms with E-state index in [1.807, 2.05) is 23.8 Å². The van der Waals surface area contributed by atoms with Crippen LogP contribution in [0.4, 0.5) is 0 Å². The maximum absolute atomic E-state index is 12.4. The molecule has 0 aliphatic carbocycles. The summed E-state index contributed by atoms with van der Waals surface area (Å²) >= 11 is 9.48. The Balaban J connectivity index is 1.72. The van der Waals surface area contributed by atoms with E-state index in [0.717, 1.165) is 5.56 Å². The van der Waals surface area contributed by atoms with Gasteiger partial charge in [-0.15, -0.1) is 34.3 Å². The zero-order chi connectivity index (χ0) is 19.2. The van der Waals surface area contributed by atoms with Crippen LogP contribution in [0, 0.1) is 6.92 Å². The van der Waals surface area contributed by atoms with E-state index < -0.39 is 4.87 Å². The molecule has 0 amide bonds. The Morgan fingerprint density at radius 1 is 1.19 bits per heavy atom. The van der Waals surface area contributed by atoms with Crippen LogP contribution in [0.1, 0.15) is 39.2 Å². The van der Waals surface area contributed by atoms with Gasteiger partial charge in [0.2, 0.25) is 11.7 Å². The van der Waals surface area contributed by atoms with E-state index in [-0.39, 0.29) is 17.2 Å². The maximum Gasteiger partial charge on any atom is 0.285 e. The number of ketones is 1. The fraction of sp³-hybridized carbons (Fsp3) is 0.150. The predicted molar refractivity (Wildman–Crippen MR) is 109 cm³/mol. The molecule has 4 aromatic rings. The van der Waals surface area contributed by atoms with Crippen LogP contribution in [0.3, 0.4) is 0 Å². The Kier molecular flexibility index (Phi) is 4.50. The average Bonchev–Trinajstić information content (AvgIpc) is 3.31. The number of benzene rings is 1. The number of aryl methyl sites for hydroxylation is 1. The summed E-state index contributed by atoms with van der Waals surface area (Å²) in [6.45, 7) is 3.57. The van der Waals surface area contributed by atoms with Crippen LogP contribution in [0.25, 0.3) is 10.3 Å². The summed E-state index contributed by atoms with van der Waals surface area (Å²) in [6.07, 6.45) is 0. The van der Waals surface area contributed by atoms with Crippen molar-refractivity contribution in [1.29, 1.82) is 0 Å². The molecule has 0 radical (unpaired) electrons. The molecule has 136 valence electrons. The Morgan fingerprint density at radius 2 is 1.93 bits per heavy atom. The van der Waals surface area contributed by atoms with Crippen molar-refractivity contribution in [2.75, 3.05) is 0 Å². The first-order chi connectivity index (χ1) is 12.9. The third kappa shape index (κ3) is 3.14. The molecule has 4 rings (SSSR count). The van der Waals surface area contributed by atoms with Gasteiger partial charge in [0.25, 0.3) is 5.56 Å². The second-order valence-electron chi connectivity index (χ2n) is 6.29. The lowest BCUT2D eigenvalue weighted by Crippen LogP contribution is -2.22. The molecule has 0 saturated heterocycles. The Labute approximate surface area is 168 Å². The molecule has 27 heavy (non-hydrogen) atoms. The van der Waals surface area contributed by atoms with E-state index in [0.29, 0.717) is 26.3 Å². The molecule has 7 heteroatoms.